The largest absolute Gasteiger partial charge is 0.347 e. The number of nitrogens with one attached hydrogen (secondary N) is 1. The number of amides is 1. The summed E-state index contributed by atoms with van der Waals surface area (Å²) in [6.45, 7) is 2.70. The Morgan fingerprint density at radius 1 is 1.42 bits per heavy atom. The number of carbonyl (C=O) groups excluding carboxylic acids is 1. The summed E-state index contributed by atoms with van der Waals surface area (Å²) in [7, 11) is 0. The molecule has 1 aromatic heterocycles. The molecule has 1 N–H and O–H groups in total. The molecular formula is C17H19ClN4OS. The number of benzene rings is 1. The van der Waals surface area contributed by atoms with E-state index < -0.39 is 0 Å². The summed E-state index contributed by atoms with van der Waals surface area (Å²) >= 11 is 7.45. The van der Waals surface area contributed by atoms with Crippen LogP contribution in [-0.2, 0) is 6.54 Å². The van der Waals surface area contributed by atoms with Crippen LogP contribution >= 0.6 is 23.4 Å². The number of hydrogen-bond donors (Lipinski definition) is 1. The lowest BCUT2D eigenvalue weighted by Gasteiger charge is -2.17. The molecule has 1 saturated heterocycles. The summed E-state index contributed by atoms with van der Waals surface area (Å²) < 4.78 is 0. The van der Waals surface area contributed by atoms with E-state index >= 15 is 0 Å². The van der Waals surface area contributed by atoms with Gasteiger partial charge in [0.15, 0.2) is 10.9 Å². The number of carbonyl (C=O) groups is 1. The topological polar surface area (TPSA) is 58.1 Å². The van der Waals surface area contributed by atoms with Gasteiger partial charge in [-0.15, -0.1) is 0 Å². The highest BCUT2D eigenvalue weighted by Gasteiger charge is 2.25. The number of halogens is 1. The molecule has 0 saturated carbocycles. The standard InChI is InChI=1S/C17H19ClN4OS/c1-24-17-19-9-14(18)15(21-17)16(23)20-13-7-8-22(11-13)10-12-5-3-2-4-6-12/h2-6,9,13H,7-8,10-11H2,1H3,(H,20,23). The van der Waals surface area contributed by atoms with Crippen LogP contribution in [0, 0.1) is 0 Å². The number of aromatic nitrogens is 2. The highest BCUT2D eigenvalue weighted by Crippen LogP contribution is 2.18. The zero-order valence-electron chi connectivity index (χ0n) is 13.4. The van der Waals surface area contributed by atoms with Crippen molar-refractivity contribution < 1.29 is 4.79 Å². The van der Waals surface area contributed by atoms with E-state index in [4.69, 9.17) is 11.6 Å². The lowest BCUT2D eigenvalue weighted by atomic mass is 10.2. The van der Waals surface area contributed by atoms with Crippen LogP contribution in [0.15, 0.2) is 41.7 Å². The van der Waals surface area contributed by atoms with Gasteiger partial charge in [-0.25, -0.2) is 9.97 Å². The molecule has 1 aromatic carbocycles. The first-order valence-corrected chi connectivity index (χ1v) is 9.39. The number of likely N-dealkylation sites (tertiary alicyclic amines) is 1. The van der Waals surface area contributed by atoms with E-state index in [0.29, 0.717) is 5.16 Å². The second-order valence-corrected chi connectivity index (χ2v) is 6.91. The summed E-state index contributed by atoms with van der Waals surface area (Å²) in [6.07, 6.45) is 4.27. The highest BCUT2D eigenvalue weighted by molar-refractivity contribution is 7.98. The first-order valence-electron chi connectivity index (χ1n) is 7.79. The van der Waals surface area contributed by atoms with Crippen LogP contribution in [-0.4, -0.2) is 46.2 Å². The third-order valence-electron chi connectivity index (χ3n) is 3.98. The van der Waals surface area contributed by atoms with Gasteiger partial charge in [-0.1, -0.05) is 53.7 Å². The maximum Gasteiger partial charge on any atom is 0.271 e. The smallest absolute Gasteiger partial charge is 0.271 e. The summed E-state index contributed by atoms with van der Waals surface area (Å²) in [4.78, 5) is 23.1. The monoisotopic (exact) mass is 362 g/mol. The van der Waals surface area contributed by atoms with Crippen molar-refractivity contribution in [1.29, 1.82) is 0 Å². The molecule has 7 heteroatoms. The third-order valence-corrected chi connectivity index (χ3v) is 4.81. The Labute approximate surface area is 150 Å². The fourth-order valence-corrected chi connectivity index (χ4v) is 3.32. The Bertz CT molecular complexity index is 713. The minimum absolute atomic E-state index is 0.116. The maximum atomic E-state index is 12.4. The molecule has 1 fully saturated rings. The van der Waals surface area contributed by atoms with Crippen LogP contribution in [0.3, 0.4) is 0 Å². The second kappa shape index (κ2) is 7.96. The molecule has 1 aliphatic heterocycles. The van der Waals surface area contributed by atoms with Crippen LogP contribution in [0.5, 0.6) is 0 Å². The predicted molar refractivity (Wildman–Crippen MR) is 96.4 cm³/mol. The van der Waals surface area contributed by atoms with Gasteiger partial charge in [-0.3, -0.25) is 9.69 Å². The van der Waals surface area contributed by atoms with E-state index in [1.54, 1.807) is 0 Å². The van der Waals surface area contributed by atoms with Gasteiger partial charge in [-0.05, 0) is 18.2 Å². The van der Waals surface area contributed by atoms with Crippen LogP contribution in [0.1, 0.15) is 22.5 Å². The van der Waals surface area contributed by atoms with Crippen molar-refractivity contribution >= 4 is 29.3 Å². The van der Waals surface area contributed by atoms with Gasteiger partial charge in [-0.2, -0.15) is 0 Å². The fraction of sp³-hybridized carbons (Fsp3) is 0.353. The Morgan fingerprint density at radius 3 is 2.96 bits per heavy atom. The summed E-state index contributed by atoms with van der Waals surface area (Å²) in [5.74, 6) is -0.232. The number of hydrogen-bond acceptors (Lipinski definition) is 5. The minimum atomic E-state index is -0.232. The molecular weight excluding hydrogens is 344 g/mol. The van der Waals surface area contributed by atoms with Crippen molar-refractivity contribution in [2.45, 2.75) is 24.2 Å². The van der Waals surface area contributed by atoms with Gasteiger partial charge in [0.05, 0.1) is 11.2 Å². The summed E-state index contributed by atoms with van der Waals surface area (Å²) in [5.41, 5.74) is 1.53. The van der Waals surface area contributed by atoms with Gasteiger partial charge in [0.2, 0.25) is 0 Å². The molecule has 1 unspecified atom stereocenters. The van der Waals surface area contributed by atoms with E-state index in [2.05, 4.69) is 32.3 Å². The second-order valence-electron chi connectivity index (χ2n) is 5.73. The average Bonchev–Trinajstić information content (AvgIpc) is 3.03. The molecule has 1 aliphatic rings. The Hall–Kier alpha value is -1.63. The van der Waals surface area contributed by atoms with Crippen molar-refractivity contribution in [2.24, 2.45) is 0 Å². The zero-order chi connectivity index (χ0) is 16.9. The van der Waals surface area contributed by atoms with Crippen molar-refractivity contribution in [3.8, 4) is 0 Å². The van der Waals surface area contributed by atoms with Crippen LogP contribution < -0.4 is 5.32 Å². The molecule has 5 nitrogen and oxygen atoms in total. The predicted octanol–water partition coefficient (Wildman–Crippen LogP) is 2.86. The first kappa shape index (κ1) is 17.2. The highest BCUT2D eigenvalue weighted by atomic mass is 35.5. The van der Waals surface area contributed by atoms with E-state index in [9.17, 15) is 4.79 Å². The number of nitrogens with zero attached hydrogens (tertiary/aromatic N) is 3. The van der Waals surface area contributed by atoms with E-state index in [0.717, 1.165) is 26.1 Å². The molecule has 0 bridgehead atoms. The van der Waals surface area contributed by atoms with Gasteiger partial charge in [0.1, 0.15) is 0 Å². The molecule has 1 amide bonds. The summed E-state index contributed by atoms with van der Waals surface area (Å²) in [6, 6.07) is 10.5. The average molecular weight is 363 g/mol. The fourth-order valence-electron chi connectivity index (χ4n) is 2.80. The lowest BCUT2D eigenvalue weighted by Crippen LogP contribution is -2.37. The zero-order valence-corrected chi connectivity index (χ0v) is 15.0. The van der Waals surface area contributed by atoms with Crippen LogP contribution in [0.25, 0.3) is 0 Å². The number of rotatable bonds is 5. The van der Waals surface area contributed by atoms with Gasteiger partial charge >= 0.3 is 0 Å². The van der Waals surface area contributed by atoms with Crippen molar-refractivity contribution in [1.82, 2.24) is 20.2 Å². The van der Waals surface area contributed by atoms with Crippen molar-refractivity contribution in [2.75, 3.05) is 19.3 Å². The lowest BCUT2D eigenvalue weighted by molar-refractivity contribution is 0.0932. The molecule has 0 radical (unpaired) electrons. The summed E-state index contributed by atoms with van der Waals surface area (Å²) in [5, 5.41) is 3.86. The Morgan fingerprint density at radius 2 is 2.21 bits per heavy atom. The molecule has 0 aliphatic carbocycles. The number of thioether (sulfide) groups is 1. The molecule has 0 spiro atoms. The molecule has 126 valence electrons. The normalized spacial score (nSPS) is 17.8. The van der Waals surface area contributed by atoms with E-state index in [1.807, 2.05) is 24.5 Å². The van der Waals surface area contributed by atoms with E-state index in [1.165, 1.54) is 23.5 Å². The Balaban J connectivity index is 1.58. The molecule has 3 rings (SSSR count). The molecule has 2 heterocycles. The first-order chi connectivity index (χ1) is 11.7. The SMILES string of the molecule is CSc1ncc(Cl)c(C(=O)NC2CCN(Cc3ccccc3)C2)n1. The van der Waals surface area contributed by atoms with Crippen molar-refractivity contribution in [3.05, 3.63) is 52.8 Å². The molecule has 2 aromatic rings. The third kappa shape index (κ3) is 4.26. The molecule has 24 heavy (non-hydrogen) atoms. The Kier molecular flexibility index (Phi) is 5.71. The quantitative estimate of drug-likeness (QED) is 0.654. The van der Waals surface area contributed by atoms with E-state index in [-0.39, 0.29) is 22.7 Å². The maximum absolute atomic E-state index is 12.4. The van der Waals surface area contributed by atoms with Crippen molar-refractivity contribution in [3.63, 3.8) is 0 Å². The van der Waals surface area contributed by atoms with Gasteiger partial charge in [0.25, 0.3) is 5.91 Å². The van der Waals surface area contributed by atoms with Crippen LogP contribution in [0.2, 0.25) is 5.02 Å². The minimum Gasteiger partial charge on any atom is -0.347 e. The van der Waals surface area contributed by atoms with Gasteiger partial charge < -0.3 is 5.32 Å². The molecule has 1 atom stereocenters. The van der Waals surface area contributed by atoms with Gasteiger partial charge in [0, 0.05) is 25.7 Å². The van der Waals surface area contributed by atoms with Crippen LogP contribution in [0.4, 0.5) is 0 Å².